The van der Waals surface area contributed by atoms with Crippen molar-refractivity contribution in [1.82, 2.24) is 9.21 Å². The number of quaternary nitrogens is 1. The Kier molecular flexibility index (Phi) is 6.14. The summed E-state index contributed by atoms with van der Waals surface area (Å²) in [6, 6.07) is 4.48. The van der Waals surface area contributed by atoms with Crippen LogP contribution in [0, 0.1) is 0 Å². The molecule has 1 amide bonds. The van der Waals surface area contributed by atoms with Crippen LogP contribution in [-0.4, -0.2) is 68.8 Å². The third-order valence-corrected chi connectivity index (χ3v) is 8.17. The first-order chi connectivity index (χ1) is 12.3. The summed E-state index contributed by atoms with van der Waals surface area (Å²) in [5.41, 5.74) is 0. The molecule has 2 aliphatic rings. The van der Waals surface area contributed by atoms with Gasteiger partial charge in [-0.15, -0.1) is 0 Å². The van der Waals surface area contributed by atoms with Crippen LogP contribution in [0.1, 0.15) is 19.8 Å². The van der Waals surface area contributed by atoms with Crippen molar-refractivity contribution in [1.29, 1.82) is 0 Å². The standard InChI is InChI=1S/C17H23Cl2N3O3S/c1-13(17(23)21-7-2-3-8-21)20-9-11-22(12-10-20)26(24,25)15-6-4-5-14(18)16(15)19/h4-6,13H,2-3,7-12H2,1H3/p+1/t13-/m0/s1. The highest BCUT2D eigenvalue weighted by atomic mass is 35.5. The number of nitrogens with zero attached hydrogens (tertiary/aromatic N) is 2. The number of amides is 1. The minimum absolute atomic E-state index is 0.0382. The van der Waals surface area contributed by atoms with Gasteiger partial charge in [0.25, 0.3) is 5.91 Å². The minimum atomic E-state index is -3.69. The maximum Gasteiger partial charge on any atom is 0.280 e. The molecule has 0 radical (unpaired) electrons. The van der Waals surface area contributed by atoms with Crippen LogP contribution in [0.3, 0.4) is 0 Å². The molecule has 2 aliphatic heterocycles. The fourth-order valence-corrected chi connectivity index (χ4v) is 5.83. The minimum Gasteiger partial charge on any atom is -0.338 e. The van der Waals surface area contributed by atoms with Crippen LogP contribution >= 0.6 is 23.2 Å². The summed E-state index contributed by atoms with van der Waals surface area (Å²) in [4.78, 5) is 15.7. The molecule has 3 rings (SSSR count). The third-order valence-electron chi connectivity index (χ3n) is 5.30. The van der Waals surface area contributed by atoms with Crippen molar-refractivity contribution in [2.75, 3.05) is 39.3 Å². The van der Waals surface area contributed by atoms with Gasteiger partial charge in [0.2, 0.25) is 10.0 Å². The second kappa shape index (κ2) is 8.02. The van der Waals surface area contributed by atoms with E-state index in [1.807, 2.05) is 11.8 Å². The molecule has 9 heteroatoms. The van der Waals surface area contributed by atoms with Gasteiger partial charge in [0.15, 0.2) is 6.04 Å². The molecule has 1 aromatic rings. The highest BCUT2D eigenvalue weighted by Gasteiger charge is 2.37. The fraction of sp³-hybridized carbons (Fsp3) is 0.588. The van der Waals surface area contributed by atoms with Crippen LogP contribution in [0.5, 0.6) is 0 Å². The van der Waals surface area contributed by atoms with E-state index >= 15 is 0 Å². The van der Waals surface area contributed by atoms with Gasteiger partial charge in [-0.2, -0.15) is 4.31 Å². The number of halogens is 2. The molecule has 0 unspecified atom stereocenters. The Morgan fingerprint density at radius 3 is 2.35 bits per heavy atom. The quantitative estimate of drug-likeness (QED) is 0.786. The average Bonchev–Trinajstić information content (AvgIpc) is 3.17. The first-order valence-electron chi connectivity index (χ1n) is 8.90. The summed E-state index contributed by atoms with van der Waals surface area (Å²) in [5, 5.41) is 0.281. The Balaban J connectivity index is 1.66. The Bertz CT molecular complexity index is 773. The molecule has 0 spiro atoms. The number of benzene rings is 1. The monoisotopic (exact) mass is 420 g/mol. The Hall–Kier alpha value is -0.860. The fourth-order valence-electron chi connectivity index (χ4n) is 3.66. The van der Waals surface area contributed by atoms with Crippen molar-refractivity contribution in [2.45, 2.75) is 30.7 Å². The molecular weight excluding hydrogens is 397 g/mol. The second-order valence-electron chi connectivity index (χ2n) is 6.87. The molecule has 2 fully saturated rings. The Morgan fingerprint density at radius 1 is 1.12 bits per heavy atom. The summed E-state index contributed by atoms with van der Waals surface area (Å²) < 4.78 is 27.2. The van der Waals surface area contributed by atoms with Crippen molar-refractivity contribution >= 4 is 39.1 Å². The largest absolute Gasteiger partial charge is 0.338 e. The van der Waals surface area contributed by atoms with Crippen LogP contribution < -0.4 is 4.90 Å². The van der Waals surface area contributed by atoms with E-state index in [0.717, 1.165) is 30.8 Å². The number of likely N-dealkylation sites (tertiary alicyclic amines) is 1. The highest BCUT2D eigenvalue weighted by Crippen LogP contribution is 2.30. The first-order valence-corrected chi connectivity index (χ1v) is 11.1. The summed E-state index contributed by atoms with van der Waals surface area (Å²) in [6.45, 7) is 5.52. The Labute approximate surface area is 164 Å². The lowest BCUT2D eigenvalue weighted by molar-refractivity contribution is -0.918. The molecule has 2 saturated heterocycles. The zero-order valence-corrected chi connectivity index (χ0v) is 17.1. The van der Waals surface area contributed by atoms with Crippen LogP contribution in [-0.2, 0) is 14.8 Å². The van der Waals surface area contributed by atoms with Gasteiger partial charge in [-0.25, -0.2) is 8.42 Å². The van der Waals surface area contributed by atoms with Crippen molar-refractivity contribution in [3.8, 4) is 0 Å². The van der Waals surface area contributed by atoms with Gasteiger partial charge in [0.05, 0.1) is 36.2 Å². The molecule has 144 valence electrons. The molecule has 1 aromatic carbocycles. The number of hydrogen-bond acceptors (Lipinski definition) is 3. The number of carbonyl (C=O) groups is 1. The lowest BCUT2D eigenvalue weighted by Crippen LogP contribution is -3.19. The SMILES string of the molecule is C[C@@H](C(=O)N1CCCC1)[NH+]1CCN(S(=O)(=O)c2cccc(Cl)c2Cl)CC1. The van der Waals surface area contributed by atoms with E-state index in [1.54, 1.807) is 12.1 Å². The van der Waals surface area contributed by atoms with Gasteiger partial charge < -0.3 is 9.80 Å². The van der Waals surface area contributed by atoms with E-state index in [2.05, 4.69) is 0 Å². The summed E-state index contributed by atoms with van der Waals surface area (Å²) >= 11 is 12.1. The van der Waals surface area contributed by atoms with Gasteiger partial charge in [-0.1, -0.05) is 29.3 Å². The number of sulfonamides is 1. The first kappa shape index (κ1) is 19.9. The lowest BCUT2D eigenvalue weighted by atomic mass is 10.2. The molecule has 0 saturated carbocycles. The van der Waals surface area contributed by atoms with Crippen LogP contribution in [0.4, 0.5) is 0 Å². The molecule has 6 nitrogen and oxygen atoms in total. The molecule has 0 aliphatic carbocycles. The van der Waals surface area contributed by atoms with Crippen molar-refractivity contribution in [3.05, 3.63) is 28.2 Å². The Morgan fingerprint density at radius 2 is 1.73 bits per heavy atom. The predicted octanol–water partition coefficient (Wildman–Crippen LogP) is 0.893. The van der Waals surface area contributed by atoms with E-state index in [1.165, 1.54) is 10.4 Å². The van der Waals surface area contributed by atoms with E-state index < -0.39 is 10.0 Å². The molecule has 0 bridgehead atoms. The molecule has 2 heterocycles. The van der Waals surface area contributed by atoms with E-state index in [0.29, 0.717) is 26.2 Å². The van der Waals surface area contributed by atoms with Crippen LogP contribution in [0.25, 0.3) is 0 Å². The number of piperazine rings is 1. The number of nitrogens with one attached hydrogen (secondary N) is 1. The second-order valence-corrected chi connectivity index (χ2v) is 9.56. The highest BCUT2D eigenvalue weighted by molar-refractivity contribution is 7.89. The summed E-state index contributed by atoms with van der Waals surface area (Å²) in [7, 11) is -3.69. The van der Waals surface area contributed by atoms with Gasteiger partial charge in [-0.05, 0) is 31.9 Å². The van der Waals surface area contributed by atoms with Crippen LogP contribution in [0.15, 0.2) is 23.1 Å². The van der Waals surface area contributed by atoms with E-state index in [-0.39, 0.29) is 26.9 Å². The summed E-state index contributed by atoms with van der Waals surface area (Å²) in [6.07, 6.45) is 2.14. The maximum atomic E-state index is 12.9. The molecule has 1 atom stereocenters. The molecular formula is C17H24Cl2N3O3S+. The summed E-state index contributed by atoms with van der Waals surface area (Å²) in [5.74, 6) is 0.173. The van der Waals surface area contributed by atoms with Gasteiger partial charge in [0.1, 0.15) is 4.90 Å². The van der Waals surface area contributed by atoms with Crippen molar-refractivity contribution in [2.24, 2.45) is 0 Å². The predicted molar refractivity (Wildman–Crippen MR) is 101 cm³/mol. The molecule has 26 heavy (non-hydrogen) atoms. The lowest BCUT2D eigenvalue weighted by Gasteiger charge is -2.35. The van der Waals surface area contributed by atoms with Crippen molar-refractivity contribution < 1.29 is 18.1 Å². The molecule has 1 N–H and O–H groups in total. The maximum absolute atomic E-state index is 12.9. The average molecular weight is 421 g/mol. The van der Waals surface area contributed by atoms with Crippen LogP contribution in [0.2, 0.25) is 10.0 Å². The number of rotatable bonds is 4. The van der Waals surface area contributed by atoms with Gasteiger partial charge in [-0.3, -0.25) is 4.79 Å². The zero-order chi connectivity index (χ0) is 18.9. The zero-order valence-electron chi connectivity index (χ0n) is 14.7. The third kappa shape index (κ3) is 3.87. The topological polar surface area (TPSA) is 62.1 Å². The van der Waals surface area contributed by atoms with E-state index in [4.69, 9.17) is 23.2 Å². The van der Waals surface area contributed by atoms with Gasteiger partial charge in [0, 0.05) is 13.1 Å². The number of carbonyl (C=O) groups excluding carboxylic acids is 1. The van der Waals surface area contributed by atoms with Crippen molar-refractivity contribution in [3.63, 3.8) is 0 Å². The smallest absolute Gasteiger partial charge is 0.280 e. The van der Waals surface area contributed by atoms with Gasteiger partial charge >= 0.3 is 0 Å². The molecule has 0 aromatic heterocycles. The normalized spacial score (nSPS) is 21.1. The van der Waals surface area contributed by atoms with E-state index in [9.17, 15) is 13.2 Å². The number of hydrogen-bond donors (Lipinski definition) is 1.